The van der Waals surface area contributed by atoms with Gasteiger partial charge in [0.05, 0.1) is 31.3 Å². The second-order valence-corrected chi connectivity index (χ2v) is 8.20. The Morgan fingerprint density at radius 2 is 2.08 bits per heavy atom. The van der Waals surface area contributed by atoms with E-state index in [-0.39, 0.29) is 24.1 Å². The average molecular weight is 372 g/mol. The maximum Gasteiger partial charge on any atom is 0.226 e. The number of carbonyl (C=O) groups is 1. The Morgan fingerprint density at radius 3 is 2.80 bits per heavy atom. The molecule has 0 aromatic carbocycles. The van der Waals surface area contributed by atoms with Crippen LogP contribution >= 0.6 is 0 Å². The van der Waals surface area contributed by atoms with Crippen molar-refractivity contribution in [3.8, 4) is 0 Å². The van der Waals surface area contributed by atoms with Crippen LogP contribution in [0.4, 0.5) is 0 Å². The summed E-state index contributed by atoms with van der Waals surface area (Å²) >= 11 is 0. The third-order valence-corrected chi connectivity index (χ3v) is 5.87. The summed E-state index contributed by atoms with van der Waals surface area (Å²) in [5.41, 5.74) is 0. The zero-order valence-corrected chi connectivity index (χ0v) is 14.9. The maximum atomic E-state index is 12.6. The van der Waals surface area contributed by atoms with Crippen molar-refractivity contribution in [2.24, 2.45) is 5.92 Å². The van der Waals surface area contributed by atoms with Gasteiger partial charge in [0, 0.05) is 32.2 Å². The van der Waals surface area contributed by atoms with Crippen LogP contribution < -0.4 is 4.72 Å². The molecule has 1 aromatic heterocycles. The lowest BCUT2D eigenvalue weighted by atomic mass is 9.98. The number of ether oxygens (including phenoxy) is 2. The fraction of sp³-hybridized carbons (Fsp3) is 0.688. The molecular formula is C16H24N2O6S. The Morgan fingerprint density at radius 1 is 1.28 bits per heavy atom. The fourth-order valence-electron chi connectivity index (χ4n) is 3.12. The van der Waals surface area contributed by atoms with Crippen molar-refractivity contribution < 1.29 is 27.1 Å². The summed E-state index contributed by atoms with van der Waals surface area (Å²) in [4.78, 5) is 14.3. The van der Waals surface area contributed by atoms with E-state index in [9.17, 15) is 13.2 Å². The summed E-state index contributed by atoms with van der Waals surface area (Å²) in [6.07, 6.45) is 2.42. The van der Waals surface area contributed by atoms with Gasteiger partial charge < -0.3 is 18.8 Å². The van der Waals surface area contributed by atoms with E-state index in [0.29, 0.717) is 38.7 Å². The molecule has 1 atom stereocenters. The first kappa shape index (κ1) is 18.4. The van der Waals surface area contributed by atoms with Gasteiger partial charge in [0.2, 0.25) is 15.9 Å². The summed E-state index contributed by atoms with van der Waals surface area (Å²) in [5, 5.41) is 0. The summed E-state index contributed by atoms with van der Waals surface area (Å²) < 4.78 is 42.9. The Labute approximate surface area is 147 Å². The monoisotopic (exact) mass is 372 g/mol. The van der Waals surface area contributed by atoms with Gasteiger partial charge in [-0.15, -0.1) is 0 Å². The lowest BCUT2D eigenvalue weighted by Gasteiger charge is -2.35. The van der Waals surface area contributed by atoms with E-state index in [1.165, 1.54) is 6.26 Å². The molecule has 140 valence electrons. The van der Waals surface area contributed by atoms with Gasteiger partial charge in [0.15, 0.2) is 0 Å². The molecule has 3 rings (SSSR count). The van der Waals surface area contributed by atoms with Crippen molar-refractivity contribution in [1.82, 2.24) is 9.62 Å². The summed E-state index contributed by atoms with van der Waals surface area (Å²) in [7, 11) is -3.52. The number of furan rings is 1. The first-order valence-corrected chi connectivity index (χ1v) is 10.2. The van der Waals surface area contributed by atoms with Gasteiger partial charge in [-0.2, -0.15) is 0 Å². The van der Waals surface area contributed by atoms with Gasteiger partial charge >= 0.3 is 0 Å². The standard InChI is InChI=1S/C16H24N2O6S/c19-16(13-3-7-22-8-4-13)18-5-9-24-15(11-18)12-25(20,21)17-10-14-2-1-6-23-14/h1-2,6,13,15,17H,3-5,7-12H2. The molecule has 0 saturated carbocycles. The number of carbonyl (C=O) groups excluding carboxylic acids is 1. The van der Waals surface area contributed by atoms with Crippen molar-refractivity contribution in [1.29, 1.82) is 0 Å². The quantitative estimate of drug-likeness (QED) is 0.774. The number of sulfonamides is 1. The zero-order valence-electron chi connectivity index (χ0n) is 14.1. The molecule has 0 radical (unpaired) electrons. The zero-order chi connectivity index (χ0) is 17.7. The van der Waals surface area contributed by atoms with E-state index in [0.717, 1.165) is 12.8 Å². The van der Waals surface area contributed by atoms with Crippen LogP contribution in [0.2, 0.25) is 0 Å². The van der Waals surface area contributed by atoms with E-state index in [1.54, 1.807) is 17.0 Å². The molecule has 1 aromatic rings. The minimum atomic E-state index is -3.52. The van der Waals surface area contributed by atoms with Crippen LogP contribution in [-0.4, -0.2) is 64.0 Å². The molecule has 9 heteroatoms. The van der Waals surface area contributed by atoms with Crippen molar-refractivity contribution in [3.05, 3.63) is 24.2 Å². The van der Waals surface area contributed by atoms with Crippen LogP contribution in [0.25, 0.3) is 0 Å². The number of morpholine rings is 1. The van der Waals surface area contributed by atoms with Gasteiger partial charge in [-0.3, -0.25) is 4.79 Å². The highest BCUT2D eigenvalue weighted by Gasteiger charge is 2.32. The van der Waals surface area contributed by atoms with Gasteiger partial charge in [-0.05, 0) is 25.0 Å². The minimum Gasteiger partial charge on any atom is -0.468 e. The summed E-state index contributed by atoms with van der Waals surface area (Å²) in [6, 6.07) is 3.40. The Bertz CT molecular complexity index is 654. The molecule has 0 aliphatic carbocycles. The topological polar surface area (TPSA) is 98.1 Å². The van der Waals surface area contributed by atoms with Crippen molar-refractivity contribution >= 4 is 15.9 Å². The van der Waals surface area contributed by atoms with Crippen LogP contribution in [0.15, 0.2) is 22.8 Å². The second kappa shape index (κ2) is 8.31. The highest BCUT2D eigenvalue weighted by Crippen LogP contribution is 2.19. The van der Waals surface area contributed by atoms with Gasteiger partial charge in [-0.25, -0.2) is 13.1 Å². The van der Waals surface area contributed by atoms with E-state index in [2.05, 4.69) is 4.72 Å². The molecular weight excluding hydrogens is 348 g/mol. The Kier molecular flexibility index (Phi) is 6.10. The number of rotatable bonds is 6. The predicted molar refractivity (Wildman–Crippen MR) is 89.2 cm³/mol. The third-order valence-electron chi connectivity index (χ3n) is 4.47. The largest absolute Gasteiger partial charge is 0.468 e. The first-order chi connectivity index (χ1) is 12.0. The Hall–Kier alpha value is -1.42. The molecule has 3 heterocycles. The number of nitrogens with zero attached hydrogens (tertiary/aromatic N) is 1. The smallest absolute Gasteiger partial charge is 0.226 e. The molecule has 2 saturated heterocycles. The predicted octanol–water partition coefficient (Wildman–Crippen LogP) is 0.353. The molecule has 0 bridgehead atoms. The molecule has 2 aliphatic rings. The van der Waals surface area contributed by atoms with Crippen molar-refractivity contribution in [2.75, 3.05) is 38.7 Å². The molecule has 2 aliphatic heterocycles. The SMILES string of the molecule is O=C(C1CCOCC1)N1CCOC(CS(=O)(=O)NCc2ccco2)C1. The maximum absolute atomic E-state index is 12.6. The van der Waals surface area contributed by atoms with Gasteiger partial charge in [0.25, 0.3) is 0 Å². The van der Waals surface area contributed by atoms with Gasteiger partial charge in [-0.1, -0.05) is 0 Å². The summed E-state index contributed by atoms with van der Waals surface area (Å²) in [6.45, 7) is 2.48. The highest BCUT2D eigenvalue weighted by molar-refractivity contribution is 7.89. The number of hydrogen-bond acceptors (Lipinski definition) is 6. The Balaban J connectivity index is 1.51. The average Bonchev–Trinajstić information content (AvgIpc) is 3.14. The molecule has 1 N–H and O–H groups in total. The van der Waals surface area contributed by atoms with Crippen LogP contribution in [0, 0.1) is 5.92 Å². The number of hydrogen-bond donors (Lipinski definition) is 1. The van der Waals surface area contributed by atoms with E-state index in [1.807, 2.05) is 0 Å². The van der Waals surface area contributed by atoms with Crippen molar-refractivity contribution in [2.45, 2.75) is 25.5 Å². The molecule has 1 amide bonds. The van der Waals surface area contributed by atoms with E-state index < -0.39 is 16.1 Å². The lowest BCUT2D eigenvalue weighted by Crippen LogP contribution is -2.51. The molecule has 25 heavy (non-hydrogen) atoms. The van der Waals surface area contributed by atoms with Crippen LogP contribution in [0.1, 0.15) is 18.6 Å². The van der Waals surface area contributed by atoms with Gasteiger partial charge in [0.1, 0.15) is 5.76 Å². The second-order valence-electron chi connectivity index (χ2n) is 6.35. The normalized spacial score (nSPS) is 22.9. The molecule has 8 nitrogen and oxygen atoms in total. The van der Waals surface area contributed by atoms with E-state index >= 15 is 0 Å². The summed E-state index contributed by atoms with van der Waals surface area (Å²) in [5.74, 6) is 0.425. The highest BCUT2D eigenvalue weighted by atomic mass is 32.2. The van der Waals surface area contributed by atoms with Crippen LogP contribution in [-0.2, 0) is 30.8 Å². The number of nitrogens with one attached hydrogen (secondary N) is 1. The van der Waals surface area contributed by atoms with Crippen LogP contribution in [0.5, 0.6) is 0 Å². The third kappa shape index (κ3) is 5.27. The molecule has 2 fully saturated rings. The van der Waals surface area contributed by atoms with Crippen LogP contribution in [0.3, 0.4) is 0 Å². The lowest BCUT2D eigenvalue weighted by molar-refractivity contribution is -0.145. The molecule has 1 unspecified atom stereocenters. The molecule has 0 spiro atoms. The minimum absolute atomic E-state index is 0.0267. The fourth-order valence-corrected chi connectivity index (χ4v) is 4.29. The number of amides is 1. The van der Waals surface area contributed by atoms with Crippen molar-refractivity contribution in [3.63, 3.8) is 0 Å². The van der Waals surface area contributed by atoms with E-state index in [4.69, 9.17) is 13.9 Å². The first-order valence-electron chi connectivity index (χ1n) is 8.51.